The first-order valence-corrected chi connectivity index (χ1v) is 14.7. The molecule has 0 amide bonds. The summed E-state index contributed by atoms with van der Waals surface area (Å²) in [7, 11) is -2.37. The molecule has 216 valence electrons. The average Bonchev–Trinajstić information content (AvgIpc) is 3.08. The fourth-order valence-electron chi connectivity index (χ4n) is 5.25. The van der Waals surface area contributed by atoms with Crippen molar-refractivity contribution in [2.75, 3.05) is 33.3 Å². The van der Waals surface area contributed by atoms with Crippen LogP contribution in [-0.4, -0.2) is 73.7 Å². The van der Waals surface area contributed by atoms with E-state index in [2.05, 4.69) is 9.88 Å². The van der Waals surface area contributed by atoms with E-state index >= 15 is 0 Å². The summed E-state index contributed by atoms with van der Waals surface area (Å²) in [6.45, 7) is 1.60. The fourth-order valence-corrected chi connectivity index (χ4v) is 7.06. The number of hydrogen-bond acceptors (Lipinski definition) is 9. The third kappa shape index (κ3) is 6.39. The van der Waals surface area contributed by atoms with Crippen molar-refractivity contribution < 1.29 is 36.6 Å². The number of carbonyl (C=O) groups excluding carboxylic acids is 2. The number of esters is 2. The minimum absolute atomic E-state index is 0.00204. The van der Waals surface area contributed by atoms with E-state index in [-0.39, 0.29) is 29.6 Å². The number of rotatable bonds is 9. The number of halogens is 1. The van der Waals surface area contributed by atoms with E-state index in [9.17, 15) is 22.4 Å². The summed E-state index contributed by atoms with van der Waals surface area (Å²) in [5.74, 6) is -3.78. The van der Waals surface area contributed by atoms with Crippen molar-refractivity contribution in [3.8, 4) is 5.75 Å². The van der Waals surface area contributed by atoms with Gasteiger partial charge < -0.3 is 19.1 Å². The molecule has 1 unspecified atom stereocenters. The van der Waals surface area contributed by atoms with E-state index in [1.165, 1.54) is 24.4 Å². The summed E-state index contributed by atoms with van der Waals surface area (Å²) in [5.41, 5.74) is 0. The Bertz CT molecular complexity index is 1540. The molecule has 10 nitrogen and oxygen atoms in total. The maximum atomic E-state index is 14.1. The predicted octanol–water partition coefficient (Wildman–Crippen LogP) is 3.49. The molecule has 1 aromatic heterocycles. The van der Waals surface area contributed by atoms with Gasteiger partial charge in [-0.25, -0.2) is 22.4 Å². The smallest absolute Gasteiger partial charge is 0.335 e. The second kappa shape index (κ2) is 11.9. The van der Waals surface area contributed by atoms with E-state index in [1.54, 1.807) is 36.5 Å². The first kappa shape index (κ1) is 28.7. The second-order valence-corrected chi connectivity index (χ2v) is 11.9. The highest BCUT2D eigenvalue weighted by Gasteiger charge is 2.55. The van der Waals surface area contributed by atoms with Gasteiger partial charge in [-0.3, -0.25) is 4.98 Å². The van der Waals surface area contributed by atoms with E-state index in [4.69, 9.17) is 14.2 Å². The molecule has 1 spiro atoms. The molecule has 2 aliphatic rings. The molecule has 1 atom stereocenters. The molecule has 2 aromatic carbocycles. The summed E-state index contributed by atoms with van der Waals surface area (Å²) in [6, 6.07) is 12.2. The van der Waals surface area contributed by atoms with Gasteiger partial charge in [-0.2, -0.15) is 0 Å². The van der Waals surface area contributed by atoms with Crippen molar-refractivity contribution in [3.05, 3.63) is 78.9 Å². The highest BCUT2D eigenvalue weighted by Crippen LogP contribution is 2.40. The minimum atomic E-state index is -4.29. The molecule has 3 heterocycles. The monoisotopic (exact) mass is 583 g/mol. The lowest BCUT2D eigenvalue weighted by molar-refractivity contribution is -0.277. The molecule has 0 aliphatic carbocycles. The van der Waals surface area contributed by atoms with Gasteiger partial charge in [0.2, 0.25) is 10.0 Å². The molecule has 0 saturated carbocycles. The second-order valence-electron chi connectivity index (χ2n) is 10.1. The Labute approximate surface area is 237 Å². The van der Waals surface area contributed by atoms with Gasteiger partial charge >= 0.3 is 17.8 Å². The lowest BCUT2D eigenvalue weighted by Gasteiger charge is -2.45. The van der Waals surface area contributed by atoms with E-state index in [0.717, 1.165) is 16.5 Å². The van der Waals surface area contributed by atoms with Crippen molar-refractivity contribution in [2.45, 2.75) is 30.1 Å². The van der Waals surface area contributed by atoms with Crippen LogP contribution in [0.4, 0.5) is 4.39 Å². The van der Waals surface area contributed by atoms with Crippen molar-refractivity contribution in [1.82, 2.24) is 14.2 Å². The summed E-state index contributed by atoms with van der Waals surface area (Å²) in [5, 5.41) is 1.07. The Balaban J connectivity index is 1.32. The topological polar surface area (TPSA) is 115 Å². The molecule has 3 aromatic rings. The predicted molar refractivity (Wildman–Crippen MR) is 146 cm³/mol. The number of carbonyl (C=O) groups is 2. The van der Waals surface area contributed by atoms with Crippen molar-refractivity contribution in [3.63, 3.8) is 0 Å². The molecule has 1 fully saturated rings. The lowest BCUT2D eigenvalue weighted by atomic mass is 9.94. The van der Waals surface area contributed by atoms with Crippen LogP contribution in [-0.2, 0) is 29.1 Å². The molecule has 0 bridgehead atoms. The molecule has 1 saturated heterocycles. The Kier molecular flexibility index (Phi) is 8.34. The highest BCUT2D eigenvalue weighted by molar-refractivity contribution is 7.89. The van der Waals surface area contributed by atoms with E-state index in [1.807, 2.05) is 7.05 Å². The molecule has 12 heteroatoms. The number of sulfonamides is 1. The van der Waals surface area contributed by atoms with E-state index < -0.39 is 27.9 Å². The third-order valence-corrected chi connectivity index (χ3v) is 9.04. The van der Waals surface area contributed by atoms with Crippen LogP contribution in [0.1, 0.15) is 19.3 Å². The Morgan fingerprint density at radius 3 is 2.56 bits per heavy atom. The summed E-state index contributed by atoms with van der Waals surface area (Å²) >= 11 is 0. The van der Waals surface area contributed by atoms with Gasteiger partial charge in [-0.05, 0) is 62.2 Å². The van der Waals surface area contributed by atoms with Gasteiger partial charge in [0.1, 0.15) is 11.6 Å². The van der Waals surface area contributed by atoms with Crippen molar-refractivity contribution in [1.29, 1.82) is 0 Å². The quantitative estimate of drug-likeness (QED) is 0.276. The summed E-state index contributed by atoms with van der Waals surface area (Å²) < 4.78 is 59.1. The van der Waals surface area contributed by atoms with Crippen LogP contribution >= 0.6 is 0 Å². The third-order valence-electron chi connectivity index (χ3n) is 7.09. The van der Waals surface area contributed by atoms with Gasteiger partial charge in [0.05, 0.1) is 11.5 Å². The molecule has 41 heavy (non-hydrogen) atoms. The number of piperidine rings is 1. The summed E-state index contributed by atoms with van der Waals surface area (Å²) in [6.07, 6.45) is 6.03. The summed E-state index contributed by atoms with van der Waals surface area (Å²) in [4.78, 5) is 31.2. The standard InChI is InChI=1S/C29H30FN3O7S/c1-32(15-3-17-38-24-8-6-23(30)7-9-24)20-21-13-16-33(29(18-21)39-27(34)10-11-28(35)40-29)41(36,37)26-5-2-4-22-19-31-14-12-25(22)26/h2,4-12,14,19,21H,3,13,15-18,20H2,1H3. The zero-order chi connectivity index (χ0) is 29.0. The maximum Gasteiger partial charge on any atom is 0.335 e. The van der Waals surface area contributed by atoms with Crippen LogP contribution in [0.5, 0.6) is 5.75 Å². The van der Waals surface area contributed by atoms with Crippen molar-refractivity contribution in [2.24, 2.45) is 5.92 Å². The van der Waals surface area contributed by atoms with Gasteiger partial charge in [-0.1, -0.05) is 12.1 Å². The number of benzene rings is 2. The normalized spacial score (nSPS) is 19.2. The maximum absolute atomic E-state index is 14.1. The number of hydrogen-bond donors (Lipinski definition) is 0. The first-order valence-electron chi connectivity index (χ1n) is 13.2. The Morgan fingerprint density at radius 2 is 1.83 bits per heavy atom. The number of pyridine rings is 1. The van der Waals surface area contributed by atoms with Gasteiger partial charge in [0, 0.05) is 61.4 Å². The van der Waals surface area contributed by atoms with Crippen LogP contribution in [0.2, 0.25) is 0 Å². The van der Waals surface area contributed by atoms with Crippen molar-refractivity contribution >= 4 is 32.7 Å². The minimum Gasteiger partial charge on any atom is -0.494 e. The van der Waals surface area contributed by atoms with Crippen LogP contribution in [0.3, 0.4) is 0 Å². The van der Waals surface area contributed by atoms with Crippen LogP contribution in [0, 0.1) is 11.7 Å². The Morgan fingerprint density at radius 1 is 1.10 bits per heavy atom. The molecular weight excluding hydrogens is 553 g/mol. The first-order chi connectivity index (χ1) is 19.7. The molecule has 0 N–H and O–H groups in total. The number of fused-ring (bicyclic) bond motifs is 1. The SMILES string of the molecule is CN(CCCOc1ccc(F)cc1)CC1CCN(S(=O)(=O)c2cccc3cnccc23)C2(C1)OC(=O)C=CC(=O)O2. The zero-order valence-electron chi connectivity index (χ0n) is 22.4. The number of aromatic nitrogens is 1. The molecular formula is C29H30FN3O7S. The molecule has 2 aliphatic heterocycles. The highest BCUT2D eigenvalue weighted by atomic mass is 32.2. The van der Waals surface area contributed by atoms with Gasteiger partial charge in [0.25, 0.3) is 0 Å². The van der Waals surface area contributed by atoms with Crippen LogP contribution in [0.15, 0.2) is 78.0 Å². The lowest BCUT2D eigenvalue weighted by Crippen LogP contribution is -2.61. The van der Waals surface area contributed by atoms with E-state index in [0.29, 0.717) is 49.1 Å². The fraction of sp³-hybridized carbons (Fsp3) is 0.345. The number of nitrogens with zero attached hydrogens (tertiary/aromatic N) is 3. The zero-order valence-corrected chi connectivity index (χ0v) is 23.3. The van der Waals surface area contributed by atoms with Gasteiger partial charge in [0.15, 0.2) is 0 Å². The number of ether oxygens (including phenoxy) is 3. The largest absolute Gasteiger partial charge is 0.494 e. The van der Waals surface area contributed by atoms with Crippen LogP contribution in [0.25, 0.3) is 10.8 Å². The van der Waals surface area contributed by atoms with Gasteiger partial charge in [-0.15, -0.1) is 4.31 Å². The average molecular weight is 584 g/mol. The molecule has 0 radical (unpaired) electrons. The molecule has 5 rings (SSSR count). The van der Waals surface area contributed by atoms with Crippen LogP contribution < -0.4 is 4.74 Å². The Hall–Kier alpha value is -3.87.